The highest BCUT2D eigenvalue weighted by atomic mass is 16.5. The molecule has 0 saturated heterocycles. The summed E-state index contributed by atoms with van der Waals surface area (Å²) in [5.41, 5.74) is 9.73. The van der Waals surface area contributed by atoms with Crippen LogP contribution in [0, 0.1) is 0 Å². The zero-order valence-electron chi connectivity index (χ0n) is 16.6. The van der Waals surface area contributed by atoms with Crippen molar-refractivity contribution in [2.75, 3.05) is 30.6 Å². The first-order valence-electron chi connectivity index (χ1n) is 9.28. The molecule has 150 valence electrons. The second kappa shape index (κ2) is 9.50. The first-order valence-corrected chi connectivity index (χ1v) is 9.28. The molecule has 3 rings (SSSR count). The average Bonchev–Trinajstić information content (AvgIpc) is 2.95. The van der Waals surface area contributed by atoms with Gasteiger partial charge in [-0.05, 0) is 48.1 Å². The first-order chi connectivity index (χ1) is 14.1. The molecule has 0 fully saturated rings. The van der Waals surface area contributed by atoms with E-state index in [9.17, 15) is 4.79 Å². The molecule has 0 radical (unpaired) electrons. The van der Waals surface area contributed by atoms with Gasteiger partial charge in [0.05, 0.1) is 31.2 Å². The van der Waals surface area contributed by atoms with Gasteiger partial charge in [0.1, 0.15) is 11.5 Å². The van der Waals surface area contributed by atoms with Crippen molar-refractivity contribution < 1.29 is 14.3 Å². The summed E-state index contributed by atoms with van der Waals surface area (Å²) < 4.78 is 10.6. The molecule has 0 bridgehead atoms. The number of nitrogens with two attached hydrogens (primary N) is 1. The van der Waals surface area contributed by atoms with Crippen LogP contribution in [0.4, 0.5) is 17.1 Å². The number of para-hydroxylation sites is 2. The van der Waals surface area contributed by atoms with Gasteiger partial charge in [-0.15, -0.1) is 0 Å². The van der Waals surface area contributed by atoms with Crippen LogP contribution >= 0.6 is 0 Å². The third-order valence-electron chi connectivity index (χ3n) is 4.56. The number of methoxy groups -OCH3 is 2. The van der Waals surface area contributed by atoms with Gasteiger partial charge in [-0.2, -0.15) is 0 Å². The Morgan fingerprint density at radius 2 is 1.90 bits per heavy atom. The highest BCUT2D eigenvalue weighted by Crippen LogP contribution is 2.22. The fourth-order valence-corrected chi connectivity index (χ4v) is 2.99. The molecule has 0 saturated carbocycles. The Balaban J connectivity index is 1.70. The molecule has 2 aromatic carbocycles. The van der Waals surface area contributed by atoms with Crippen molar-refractivity contribution in [3.05, 3.63) is 89.4 Å². The van der Waals surface area contributed by atoms with Crippen molar-refractivity contribution in [3.8, 4) is 0 Å². The number of carbonyl (C=O) groups excluding carboxylic acids is 1. The lowest BCUT2D eigenvalue weighted by Crippen LogP contribution is -2.15. The second-order valence-corrected chi connectivity index (χ2v) is 6.48. The van der Waals surface area contributed by atoms with Crippen molar-refractivity contribution in [1.29, 1.82) is 0 Å². The number of anilines is 3. The molecule has 0 heterocycles. The Labute approximate surface area is 170 Å². The maximum absolute atomic E-state index is 12.8. The van der Waals surface area contributed by atoms with Gasteiger partial charge in [0.25, 0.3) is 5.91 Å². The summed E-state index contributed by atoms with van der Waals surface area (Å²) in [6.45, 7) is 0.588. The summed E-state index contributed by atoms with van der Waals surface area (Å²) in [4.78, 5) is 12.8. The van der Waals surface area contributed by atoms with Crippen LogP contribution in [-0.2, 0) is 20.8 Å². The summed E-state index contributed by atoms with van der Waals surface area (Å²) in [5.74, 6) is 1.04. The highest BCUT2D eigenvalue weighted by molar-refractivity contribution is 6.06. The molecule has 0 aliphatic heterocycles. The molecule has 0 spiro atoms. The maximum Gasteiger partial charge on any atom is 0.259 e. The monoisotopic (exact) mass is 391 g/mol. The Hall–Kier alpha value is -3.67. The molecule has 1 aliphatic carbocycles. The van der Waals surface area contributed by atoms with E-state index in [4.69, 9.17) is 15.2 Å². The van der Waals surface area contributed by atoms with Crippen molar-refractivity contribution in [2.24, 2.45) is 0 Å². The minimum Gasteiger partial charge on any atom is -0.500 e. The molecule has 2 aromatic rings. The van der Waals surface area contributed by atoms with Crippen LogP contribution in [0.1, 0.15) is 12.0 Å². The largest absolute Gasteiger partial charge is 0.500 e. The van der Waals surface area contributed by atoms with Crippen LogP contribution in [-0.4, -0.2) is 20.1 Å². The van der Waals surface area contributed by atoms with E-state index in [2.05, 4.69) is 10.6 Å². The van der Waals surface area contributed by atoms with Crippen LogP contribution in [0.3, 0.4) is 0 Å². The van der Waals surface area contributed by atoms with Gasteiger partial charge in [0.15, 0.2) is 0 Å². The van der Waals surface area contributed by atoms with Gasteiger partial charge in [-0.1, -0.05) is 24.3 Å². The molecule has 29 heavy (non-hydrogen) atoms. The molecule has 4 N–H and O–H groups in total. The first kappa shape index (κ1) is 20.1. The lowest BCUT2D eigenvalue weighted by atomic mass is 10.1. The van der Waals surface area contributed by atoms with E-state index >= 15 is 0 Å². The van der Waals surface area contributed by atoms with Gasteiger partial charge >= 0.3 is 0 Å². The lowest BCUT2D eigenvalue weighted by Gasteiger charge is -2.12. The molecule has 0 unspecified atom stereocenters. The van der Waals surface area contributed by atoms with E-state index in [1.54, 1.807) is 26.4 Å². The van der Waals surface area contributed by atoms with Crippen LogP contribution in [0.25, 0.3) is 0 Å². The fourth-order valence-electron chi connectivity index (χ4n) is 2.99. The van der Waals surface area contributed by atoms with Crippen LogP contribution in [0.5, 0.6) is 0 Å². The average molecular weight is 391 g/mol. The Bertz CT molecular complexity index is 977. The van der Waals surface area contributed by atoms with Crippen molar-refractivity contribution >= 4 is 23.0 Å². The summed E-state index contributed by atoms with van der Waals surface area (Å²) in [7, 11) is 3.15. The number of rotatable bonds is 7. The summed E-state index contributed by atoms with van der Waals surface area (Å²) >= 11 is 0. The smallest absolute Gasteiger partial charge is 0.259 e. The van der Waals surface area contributed by atoms with E-state index in [0.717, 1.165) is 11.3 Å². The molecule has 6 nitrogen and oxygen atoms in total. The molecule has 0 atom stereocenters. The summed E-state index contributed by atoms with van der Waals surface area (Å²) in [6, 6.07) is 15.3. The number of amides is 1. The van der Waals surface area contributed by atoms with Gasteiger partial charge in [-0.3, -0.25) is 4.79 Å². The molecule has 1 amide bonds. The van der Waals surface area contributed by atoms with E-state index in [1.807, 2.05) is 54.6 Å². The quantitative estimate of drug-likeness (QED) is 0.616. The standard InChI is InChI=1S/C23H25N3O3/c1-28-18-10-12-19(22(29-2)13-11-18)23(27)26-17-7-5-6-16(14-17)15-25-21-9-4-3-8-20(21)24/h3-12,14,25H,13,15,24H2,1-2H3,(H,26,27). The van der Waals surface area contributed by atoms with Crippen molar-refractivity contribution in [2.45, 2.75) is 13.0 Å². The molecule has 6 heteroatoms. The Kier molecular flexibility index (Phi) is 6.58. The number of ether oxygens (including phenoxy) is 2. The zero-order chi connectivity index (χ0) is 20.6. The Morgan fingerprint density at radius 1 is 1.07 bits per heavy atom. The normalized spacial score (nSPS) is 13.4. The predicted molar refractivity (Wildman–Crippen MR) is 116 cm³/mol. The van der Waals surface area contributed by atoms with E-state index < -0.39 is 0 Å². The van der Waals surface area contributed by atoms with E-state index in [0.29, 0.717) is 41.4 Å². The van der Waals surface area contributed by atoms with Crippen LogP contribution < -0.4 is 16.4 Å². The number of nitrogens with one attached hydrogen (secondary N) is 2. The minimum atomic E-state index is -0.235. The number of hydrogen-bond acceptors (Lipinski definition) is 5. The molecular weight excluding hydrogens is 366 g/mol. The molecular formula is C23H25N3O3. The molecule has 0 aromatic heterocycles. The number of allylic oxidation sites excluding steroid dienone is 2. The van der Waals surface area contributed by atoms with Crippen molar-refractivity contribution in [1.82, 2.24) is 0 Å². The lowest BCUT2D eigenvalue weighted by molar-refractivity contribution is -0.112. The maximum atomic E-state index is 12.8. The van der Waals surface area contributed by atoms with Gasteiger partial charge < -0.3 is 25.8 Å². The highest BCUT2D eigenvalue weighted by Gasteiger charge is 2.16. The number of carbonyl (C=O) groups is 1. The second-order valence-electron chi connectivity index (χ2n) is 6.48. The minimum absolute atomic E-state index is 0.235. The topological polar surface area (TPSA) is 85.6 Å². The van der Waals surface area contributed by atoms with Crippen LogP contribution in [0.2, 0.25) is 0 Å². The number of benzene rings is 2. The van der Waals surface area contributed by atoms with E-state index in [1.165, 1.54) is 0 Å². The van der Waals surface area contributed by atoms with E-state index in [-0.39, 0.29) is 5.91 Å². The van der Waals surface area contributed by atoms with Gasteiger partial charge in [0.2, 0.25) is 0 Å². The number of nitrogen functional groups attached to an aromatic ring is 1. The third-order valence-corrected chi connectivity index (χ3v) is 4.56. The molecule has 1 aliphatic rings. The number of hydrogen-bond donors (Lipinski definition) is 3. The predicted octanol–water partition coefficient (Wildman–Crippen LogP) is 4.21. The zero-order valence-corrected chi connectivity index (χ0v) is 16.6. The summed E-state index contributed by atoms with van der Waals surface area (Å²) in [5, 5.41) is 6.25. The van der Waals surface area contributed by atoms with Gasteiger partial charge in [-0.25, -0.2) is 0 Å². The SMILES string of the molecule is COC1=CCC(OC)=C(C(=O)Nc2cccc(CNc3ccccc3N)c2)C=C1. The van der Waals surface area contributed by atoms with Crippen LogP contribution in [0.15, 0.2) is 83.9 Å². The fraction of sp³-hybridized carbons (Fsp3) is 0.174. The van der Waals surface area contributed by atoms with Crippen molar-refractivity contribution in [3.63, 3.8) is 0 Å². The third kappa shape index (κ3) is 5.19. The van der Waals surface area contributed by atoms with Gasteiger partial charge in [0, 0.05) is 18.7 Å². The summed E-state index contributed by atoms with van der Waals surface area (Å²) in [6.07, 6.45) is 5.82. The Morgan fingerprint density at radius 3 is 2.66 bits per heavy atom.